The second-order valence-electron chi connectivity index (χ2n) is 5.00. The van der Waals surface area contributed by atoms with E-state index < -0.39 is 6.61 Å². The van der Waals surface area contributed by atoms with Crippen LogP contribution in [0.4, 0.5) is 8.78 Å². The normalized spacial score (nSPS) is 10.6. The molecule has 0 aromatic heterocycles. The van der Waals surface area contributed by atoms with Crippen LogP contribution in [0.25, 0.3) is 0 Å². The average Bonchev–Trinajstić information content (AvgIpc) is 2.55. The molecule has 128 valence electrons. The quantitative estimate of drug-likeness (QED) is 0.725. The lowest BCUT2D eigenvalue weighted by Crippen LogP contribution is -2.26. The van der Waals surface area contributed by atoms with Crippen molar-refractivity contribution in [1.29, 1.82) is 0 Å². The van der Waals surface area contributed by atoms with Crippen LogP contribution in [0.2, 0.25) is 0 Å². The third kappa shape index (κ3) is 4.44. The highest BCUT2D eigenvalue weighted by Gasteiger charge is 2.16. The molecule has 0 saturated heterocycles. The number of alkyl halides is 2. The number of halogens is 3. The SMILES string of the molecule is COc1cc(CN(C)C(=O)c2ccccc2Br)ccc1OC(F)F. The van der Waals surface area contributed by atoms with Crippen LogP contribution in [0.1, 0.15) is 15.9 Å². The molecule has 0 spiro atoms. The molecule has 4 nitrogen and oxygen atoms in total. The fraction of sp³-hybridized carbons (Fsp3) is 0.235. The average molecular weight is 400 g/mol. The van der Waals surface area contributed by atoms with Crippen molar-refractivity contribution in [3.05, 3.63) is 58.1 Å². The molecule has 0 N–H and O–H groups in total. The number of ether oxygens (including phenoxy) is 2. The van der Waals surface area contributed by atoms with Crippen molar-refractivity contribution in [1.82, 2.24) is 4.90 Å². The number of methoxy groups -OCH3 is 1. The summed E-state index contributed by atoms with van der Waals surface area (Å²) in [5.41, 5.74) is 1.28. The van der Waals surface area contributed by atoms with Gasteiger partial charge < -0.3 is 14.4 Å². The predicted octanol–water partition coefficient (Wildman–Crippen LogP) is 4.33. The summed E-state index contributed by atoms with van der Waals surface area (Å²) in [6.45, 7) is -2.63. The van der Waals surface area contributed by atoms with Gasteiger partial charge in [-0.15, -0.1) is 0 Å². The highest BCUT2D eigenvalue weighted by Crippen LogP contribution is 2.30. The highest BCUT2D eigenvalue weighted by molar-refractivity contribution is 9.10. The van der Waals surface area contributed by atoms with Crippen LogP contribution in [0.15, 0.2) is 46.9 Å². The molecule has 0 aliphatic rings. The molecule has 0 aliphatic carbocycles. The van der Waals surface area contributed by atoms with E-state index in [0.717, 1.165) is 5.56 Å². The molecular weight excluding hydrogens is 384 g/mol. The van der Waals surface area contributed by atoms with Crippen LogP contribution in [-0.4, -0.2) is 31.6 Å². The maximum absolute atomic E-state index is 12.5. The van der Waals surface area contributed by atoms with E-state index in [2.05, 4.69) is 20.7 Å². The number of nitrogens with zero attached hydrogens (tertiary/aromatic N) is 1. The number of amides is 1. The minimum Gasteiger partial charge on any atom is -0.493 e. The molecule has 0 atom stereocenters. The maximum atomic E-state index is 12.5. The van der Waals surface area contributed by atoms with Gasteiger partial charge in [0.25, 0.3) is 5.91 Å². The second-order valence-corrected chi connectivity index (χ2v) is 5.86. The lowest BCUT2D eigenvalue weighted by molar-refractivity contribution is -0.0512. The van der Waals surface area contributed by atoms with Crippen molar-refractivity contribution in [3.63, 3.8) is 0 Å². The van der Waals surface area contributed by atoms with E-state index in [0.29, 0.717) is 16.6 Å². The summed E-state index contributed by atoms with van der Waals surface area (Å²) in [6.07, 6.45) is 0. The van der Waals surface area contributed by atoms with Gasteiger partial charge in [-0.25, -0.2) is 0 Å². The fourth-order valence-electron chi connectivity index (χ4n) is 2.19. The third-order valence-corrected chi connectivity index (χ3v) is 4.01. The van der Waals surface area contributed by atoms with Gasteiger partial charge in [-0.3, -0.25) is 4.79 Å². The Morgan fingerprint density at radius 1 is 1.21 bits per heavy atom. The van der Waals surface area contributed by atoms with E-state index in [9.17, 15) is 13.6 Å². The number of rotatable bonds is 6. The molecular formula is C17H16BrF2NO3. The first kappa shape index (κ1) is 18.2. The summed E-state index contributed by atoms with van der Waals surface area (Å²) in [7, 11) is 3.03. The minimum atomic E-state index is -2.93. The van der Waals surface area contributed by atoms with E-state index in [4.69, 9.17) is 4.74 Å². The van der Waals surface area contributed by atoms with Crippen molar-refractivity contribution >= 4 is 21.8 Å². The predicted molar refractivity (Wildman–Crippen MR) is 89.6 cm³/mol. The first-order valence-electron chi connectivity index (χ1n) is 7.04. The standard InChI is InChI=1S/C17H16BrF2NO3/c1-21(16(22)12-5-3-4-6-13(12)18)10-11-7-8-14(24-17(19)20)15(9-11)23-2/h3-9,17H,10H2,1-2H3. The molecule has 0 aliphatic heterocycles. The summed E-state index contributed by atoms with van der Waals surface area (Å²) < 4.78 is 34.8. The third-order valence-electron chi connectivity index (χ3n) is 3.31. The molecule has 1 amide bonds. The molecule has 24 heavy (non-hydrogen) atoms. The second kappa shape index (κ2) is 8.10. The minimum absolute atomic E-state index is 0.0453. The van der Waals surface area contributed by atoms with Gasteiger partial charge in [0, 0.05) is 18.1 Å². The van der Waals surface area contributed by atoms with Crippen LogP contribution < -0.4 is 9.47 Å². The van der Waals surface area contributed by atoms with E-state index in [1.165, 1.54) is 18.1 Å². The summed E-state index contributed by atoms with van der Waals surface area (Å²) in [6, 6.07) is 11.7. The largest absolute Gasteiger partial charge is 0.493 e. The Balaban J connectivity index is 2.15. The van der Waals surface area contributed by atoms with Gasteiger partial charge in [-0.1, -0.05) is 18.2 Å². The lowest BCUT2D eigenvalue weighted by atomic mass is 10.1. The van der Waals surface area contributed by atoms with Crippen molar-refractivity contribution in [2.24, 2.45) is 0 Å². The van der Waals surface area contributed by atoms with E-state index in [-0.39, 0.29) is 17.4 Å². The molecule has 0 fully saturated rings. The van der Waals surface area contributed by atoms with Gasteiger partial charge in [0.2, 0.25) is 0 Å². The van der Waals surface area contributed by atoms with Gasteiger partial charge in [-0.05, 0) is 45.8 Å². The molecule has 2 aromatic rings. The summed E-state index contributed by atoms with van der Waals surface area (Å²) >= 11 is 3.35. The Morgan fingerprint density at radius 3 is 2.54 bits per heavy atom. The van der Waals surface area contributed by atoms with Gasteiger partial charge >= 0.3 is 6.61 Å². The number of carbonyl (C=O) groups excluding carboxylic acids is 1. The van der Waals surface area contributed by atoms with E-state index in [1.807, 2.05) is 6.07 Å². The van der Waals surface area contributed by atoms with Gasteiger partial charge in [0.1, 0.15) is 0 Å². The smallest absolute Gasteiger partial charge is 0.387 e. The van der Waals surface area contributed by atoms with Gasteiger partial charge in [0.05, 0.1) is 12.7 Å². The van der Waals surface area contributed by atoms with Crippen LogP contribution in [0, 0.1) is 0 Å². The van der Waals surface area contributed by atoms with Crippen molar-refractivity contribution in [3.8, 4) is 11.5 Å². The van der Waals surface area contributed by atoms with E-state index >= 15 is 0 Å². The zero-order valence-corrected chi connectivity index (χ0v) is 14.7. The Hall–Kier alpha value is -2.15. The molecule has 0 saturated carbocycles. The lowest BCUT2D eigenvalue weighted by Gasteiger charge is -2.19. The molecule has 2 rings (SSSR count). The highest BCUT2D eigenvalue weighted by atomic mass is 79.9. The fourth-order valence-corrected chi connectivity index (χ4v) is 2.64. The molecule has 0 unspecified atom stereocenters. The first-order valence-corrected chi connectivity index (χ1v) is 7.83. The topological polar surface area (TPSA) is 38.8 Å². The Bertz CT molecular complexity index is 725. The first-order chi connectivity index (χ1) is 11.4. The zero-order chi connectivity index (χ0) is 17.7. The van der Waals surface area contributed by atoms with Crippen molar-refractivity contribution in [2.75, 3.05) is 14.2 Å². The van der Waals surface area contributed by atoms with Crippen LogP contribution in [0.3, 0.4) is 0 Å². The molecule has 0 bridgehead atoms. The number of benzene rings is 2. The number of hydrogen-bond donors (Lipinski definition) is 0. The summed E-state index contributed by atoms with van der Waals surface area (Å²) in [4.78, 5) is 14.0. The van der Waals surface area contributed by atoms with E-state index in [1.54, 1.807) is 37.4 Å². The number of carbonyl (C=O) groups is 1. The monoisotopic (exact) mass is 399 g/mol. The van der Waals surface area contributed by atoms with Crippen LogP contribution in [0.5, 0.6) is 11.5 Å². The molecule has 0 heterocycles. The van der Waals surface area contributed by atoms with Crippen molar-refractivity contribution in [2.45, 2.75) is 13.2 Å². The number of hydrogen-bond acceptors (Lipinski definition) is 3. The van der Waals surface area contributed by atoms with Crippen LogP contribution in [-0.2, 0) is 6.54 Å². The molecule has 0 radical (unpaired) electrons. The Morgan fingerprint density at radius 2 is 1.92 bits per heavy atom. The summed E-state index contributed by atoms with van der Waals surface area (Å²) in [5.74, 6) is -0.0140. The maximum Gasteiger partial charge on any atom is 0.387 e. The Labute approximate surface area is 147 Å². The zero-order valence-electron chi connectivity index (χ0n) is 13.1. The van der Waals surface area contributed by atoms with Gasteiger partial charge in [0.15, 0.2) is 11.5 Å². The molecule has 2 aromatic carbocycles. The summed E-state index contributed by atoms with van der Waals surface area (Å²) in [5, 5.41) is 0. The molecule has 7 heteroatoms. The van der Waals surface area contributed by atoms with Crippen LogP contribution >= 0.6 is 15.9 Å². The van der Waals surface area contributed by atoms with Gasteiger partial charge in [-0.2, -0.15) is 8.78 Å². The van der Waals surface area contributed by atoms with Crippen molar-refractivity contribution < 1.29 is 23.0 Å². The Kier molecular flexibility index (Phi) is 6.14.